The molecule has 0 N–H and O–H groups in total. The Bertz CT molecular complexity index is 931. The first-order valence-electron chi connectivity index (χ1n) is 7.90. The van der Waals surface area contributed by atoms with Crippen LogP contribution >= 0.6 is 0 Å². The van der Waals surface area contributed by atoms with Crippen LogP contribution < -0.4 is 5.49 Å². The SMILES string of the molecule is Cc1ccc(Cn2ccccc2=NC(=O)c2cc(C)oc2C)cc1. The summed E-state index contributed by atoms with van der Waals surface area (Å²) in [5.74, 6) is 1.03. The molecule has 1 amide bonds. The van der Waals surface area contributed by atoms with Crippen molar-refractivity contribution in [2.75, 3.05) is 0 Å². The van der Waals surface area contributed by atoms with Gasteiger partial charge in [-0.3, -0.25) is 4.79 Å². The number of aryl methyl sites for hydroxylation is 3. The summed E-state index contributed by atoms with van der Waals surface area (Å²) in [5.41, 5.74) is 3.53. The summed E-state index contributed by atoms with van der Waals surface area (Å²) >= 11 is 0. The molecule has 0 unspecified atom stereocenters. The molecule has 24 heavy (non-hydrogen) atoms. The first-order valence-corrected chi connectivity index (χ1v) is 7.90. The minimum Gasteiger partial charge on any atom is -0.466 e. The van der Waals surface area contributed by atoms with Gasteiger partial charge in [-0.2, -0.15) is 4.99 Å². The fraction of sp³-hybridized carbons (Fsp3) is 0.200. The van der Waals surface area contributed by atoms with Crippen molar-refractivity contribution in [3.8, 4) is 0 Å². The molecule has 0 saturated heterocycles. The molecule has 2 heterocycles. The molecule has 0 aliphatic rings. The van der Waals surface area contributed by atoms with E-state index in [0.29, 0.717) is 29.1 Å². The number of nitrogens with zero attached hydrogens (tertiary/aromatic N) is 2. The highest BCUT2D eigenvalue weighted by Crippen LogP contribution is 2.14. The molecule has 0 spiro atoms. The summed E-state index contributed by atoms with van der Waals surface area (Å²) in [5, 5.41) is 0. The lowest BCUT2D eigenvalue weighted by atomic mass is 10.1. The van der Waals surface area contributed by atoms with Crippen LogP contribution in [0.5, 0.6) is 0 Å². The minimum atomic E-state index is -0.284. The van der Waals surface area contributed by atoms with Gasteiger partial charge in [0, 0.05) is 12.7 Å². The second kappa shape index (κ2) is 6.71. The van der Waals surface area contributed by atoms with E-state index in [1.807, 2.05) is 35.9 Å². The largest absolute Gasteiger partial charge is 0.466 e. The van der Waals surface area contributed by atoms with Gasteiger partial charge in [-0.25, -0.2) is 0 Å². The molecule has 4 heteroatoms. The lowest BCUT2D eigenvalue weighted by molar-refractivity contribution is 0.0995. The van der Waals surface area contributed by atoms with Crippen LogP contribution in [0, 0.1) is 20.8 Å². The first-order chi connectivity index (χ1) is 11.5. The number of carbonyl (C=O) groups excluding carboxylic acids is 1. The Kier molecular flexibility index (Phi) is 4.47. The van der Waals surface area contributed by atoms with Crippen LogP contribution in [-0.4, -0.2) is 10.5 Å². The van der Waals surface area contributed by atoms with Crippen LogP contribution in [0.4, 0.5) is 0 Å². The molecular weight excluding hydrogens is 300 g/mol. The third kappa shape index (κ3) is 3.54. The highest BCUT2D eigenvalue weighted by atomic mass is 16.3. The molecule has 0 aliphatic carbocycles. The second-order valence-corrected chi connectivity index (χ2v) is 5.92. The van der Waals surface area contributed by atoms with Gasteiger partial charge in [-0.15, -0.1) is 0 Å². The maximum atomic E-state index is 12.5. The normalized spacial score (nSPS) is 11.7. The summed E-state index contributed by atoms with van der Waals surface area (Å²) in [6.45, 7) is 6.33. The Morgan fingerprint density at radius 2 is 1.83 bits per heavy atom. The summed E-state index contributed by atoms with van der Waals surface area (Å²) in [6, 6.07) is 15.7. The fourth-order valence-electron chi connectivity index (χ4n) is 2.60. The van der Waals surface area contributed by atoms with Gasteiger partial charge in [0.2, 0.25) is 0 Å². The van der Waals surface area contributed by atoms with E-state index >= 15 is 0 Å². The van der Waals surface area contributed by atoms with Crippen LogP contribution in [0.3, 0.4) is 0 Å². The van der Waals surface area contributed by atoms with E-state index in [-0.39, 0.29) is 5.91 Å². The predicted molar refractivity (Wildman–Crippen MR) is 92.8 cm³/mol. The van der Waals surface area contributed by atoms with Crippen molar-refractivity contribution in [2.24, 2.45) is 4.99 Å². The van der Waals surface area contributed by atoms with Crippen LogP contribution in [0.15, 0.2) is 64.1 Å². The lowest BCUT2D eigenvalue weighted by Crippen LogP contribution is -2.22. The maximum absolute atomic E-state index is 12.5. The van der Waals surface area contributed by atoms with Gasteiger partial charge in [0.25, 0.3) is 5.91 Å². The van der Waals surface area contributed by atoms with Crippen molar-refractivity contribution < 1.29 is 9.21 Å². The molecule has 122 valence electrons. The van der Waals surface area contributed by atoms with E-state index < -0.39 is 0 Å². The van der Waals surface area contributed by atoms with Crippen LogP contribution in [0.2, 0.25) is 0 Å². The van der Waals surface area contributed by atoms with Crippen molar-refractivity contribution in [1.29, 1.82) is 0 Å². The van der Waals surface area contributed by atoms with Gasteiger partial charge in [-0.05, 0) is 44.5 Å². The Labute approximate surface area is 141 Å². The van der Waals surface area contributed by atoms with Gasteiger partial charge >= 0.3 is 0 Å². The smallest absolute Gasteiger partial charge is 0.282 e. The topological polar surface area (TPSA) is 47.5 Å². The van der Waals surface area contributed by atoms with Crippen LogP contribution in [0.25, 0.3) is 0 Å². The predicted octanol–water partition coefficient (Wildman–Crippen LogP) is 3.80. The number of benzene rings is 1. The Morgan fingerprint density at radius 3 is 2.50 bits per heavy atom. The zero-order valence-electron chi connectivity index (χ0n) is 14.1. The second-order valence-electron chi connectivity index (χ2n) is 5.92. The standard InChI is InChI=1S/C20H20N2O2/c1-14-7-9-17(10-8-14)13-22-11-5-4-6-19(22)21-20(23)18-12-15(2)24-16(18)3/h4-12H,13H2,1-3H3. The quantitative estimate of drug-likeness (QED) is 0.737. The molecule has 3 rings (SSSR count). The van der Waals surface area contributed by atoms with Gasteiger partial charge in [-0.1, -0.05) is 35.9 Å². The molecule has 0 bridgehead atoms. The average molecular weight is 320 g/mol. The molecule has 3 aromatic rings. The summed E-state index contributed by atoms with van der Waals surface area (Å²) in [4.78, 5) is 16.7. The number of pyridine rings is 1. The summed E-state index contributed by atoms with van der Waals surface area (Å²) < 4.78 is 7.39. The van der Waals surface area contributed by atoms with E-state index in [1.165, 1.54) is 5.56 Å². The van der Waals surface area contributed by atoms with Crippen molar-refractivity contribution in [3.05, 3.63) is 88.4 Å². The molecule has 0 fully saturated rings. The zero-order chi connectivity index (χ0) is 17.1. The van der Waals surface area contributed by atoms with E-state index in [9.17, 15) is 4.79 Å². The molecule has 0 atom stereocenters. The summed E-state index contributed by atoms with van der Waals surface area (Å²) in [7, 11) is 0. The summed E-state index contributed by atoms with van der Waals surface area (Å²) in [6.07, 6.45) is 1.93. The average Bonchev–Trinajstić information content (AvgIpc) is 2.90. The van der Waals surface area contributed by atoms with E-state index in [1.54, 1.807) is 13.0 Å². The molecule has 2 aromatic heterocycles. The number of furan rings is 1. The van der Waals surface area contributed by atoms with E-state index in [4.69, 9.17) is 4.42 Å². The van der Waals surface area contributed by atoms with Crippen molar-refractivity contribution in [3.63, 3.8) is 0 Å². The Hall–Kier alpha value is -2.88. The number of hydrogen-bond donors (Lipinski definition) is 0. The van der Waals surface area contributed by atoms with Gasteiger partial charge in [0.05, 0.1) is 5.56 Å². The number of hydrogen-bond acceptors (Lipinski definition) is 2. The molecule has 0 saturated carbocycles. The van der Waals surface area contributed by atoms with Crippen LogP contribution in [-0.2, 0) is 6.54 Å². The Balaban J connectivity index is 1.95. The van der Waals surface area contributed by atoms with E-state index in [2.05, 4.69) is 36.2 Å². The zero-order valence-corrected chi connectivity index (χ0v) is 14.1. The Morgan fingerprint density at radius 1 is 1.08 bits per heavy atom. The lowest BCUT2D eigenvalue weighted by Gasteiger charge is -2.07. The molecule has 1 aromatic carbocycles. The highest BCUT2D eigenvalue weighted by Gasteiger charge is 2.12. The van der Waals surface area contributed by atoms with Crippen LogP contribution in [0.1, 0.15) is 33.0 Å². The molecular formula is C20H20N2O2. The maximum Gasteiger partial charge on any atom is 0.282 e. The third-order valence-corrected chi connectivity index (χ3v) is 3.88. The van der Waals surface area contributed by atoms with Crippen molar-refractivity contribution in [1.82, 2.24) is 4.57 Å². The minimum absolute atomic E-state index is 0.284. The number of amides is 1. The van der Waals surface area contributed by atoms with Crippen molar-refractivity contribution >= 4 is 5.91 Å². The van der Waals surface area contributed by atoms with Gasteiger partial charge in [0.15, 0.2) is 0 Å². The third-order valence-electron chi connectivity index (χ3n) is 3.88. The molecule has 4 nitrogen and oxygen atoms in total. The monoisotopic (exact) mass is 320 g/mol. The number of rotatable bonds is 3. The van der Waals surface area contributed by atoms with Crippen molar-refractivity contribution in [2.45, 2.75) is 27.3 Å². The molecule has 0 radical (unpaired) electrons. The van der Waals surface area contributed by atoms with Gasteiger partial charge < -0.3 is 8.98 Å². The first kappa shape index (κ1) is 16.0. The number of aromatic nitrogens is 1. The van der Waals surface area contributed by atoms with Gasteiger partial charge in [0.1, 0.15) is 17.0 Å². The molecule has 0 aliphatic heterocycles. The van der Waals surface area contributed by atoms with E-state index in [0.717, 1.165) is 5.56 Å². The number of carbonyl (C=O) groups is 1. The highest BCUT2D eigenvalue weighted by molar-refractivity contribution is 5.95. The fourth-order valence-corrected chi connectivity index (χ4v) is 2.60.